The van der Waals surface area contributed by atoms with E-state index in [1.54, 1.807) is 31.2 Å². The minimum absolute atomic E-state index is 0.278. The van der Waals surface area contributed by atoms with Crippen LogP contribution in [0.25, 0.3) is 0 Å². The number of nitrogens with zero attached hydrogens (tertiary/aromatic N) is 1. The van der Waals surface area contributed by atoms with Crippen LogP contribution in [0.5, 0.6) is 0 Å². The SMILES string of the molecule is CCOC(=O)C(NC(=O)c1ccccc1)C1(S)CCN(C)CC1. The summed E-state index contributed by atoms with van der Waals surface area (Å²) in [6.45, 7) is 3.70. The number of rotatable bonds is 5. The molecule has 1 fully saturated rings. The van der Waals surface area contributed by atoms with Crippen molar-refractivity contribution in [3.63, 3.8) is 0 Å². The van der Waals surface area contributed by atoms with Gasteiger partial charge in [-0.3, -0.25) is 4.79 Å². The average molecular weight is 336 g/mol. The smallest absolute Gasteiger partial charge is 0.330 e. The highest BCUT2D eigenvalue weighted by molar-refractivity contribution is 7.82. The van der Waals surface area contributed by atoms with Crippen LogP contribution in [0.3, 0.4) is 0 Å². The number of piperidine rings is 1. The summed E-state index contributed by atoms with van der Waals surface area (Å²) >= 11 is 4.76. The fourth-order valence-corrected chi connectivity index (χ4v) is 3.11. The number of carbonyl (C=O) groups excluding carboxylic acids is 2. The molecule has 1 aliphatic rings. The van der Waals surface area contributed by atoms with Gasteiger partial charge in [0.05, 0.1) is 6.61 Å². The van der Waals surface area contributed by atoms with Gasteiger partial charge in [-0.05, 0) is 52.0 Å². The Bertz CT molecular complexity index is 542. The van der Waals surface area contributed by atoms with Crippen molar-refractivity contribution in [2.24, 2.45) is 0 Å². The predicted molar refractivity (Wildman–Crippen MR) is 92.8 cm³/mol. The predicted octanol–water partition coefficient (Wildman–Crippen LogP) is 1.74. The van der Waals surface area contributed by atoms with Crippen molar-refractivity contribution in [3.05, 3.63) is 35.9 Å². The Morgan fingerprint density at radius 2 is 1.91 bits per heavy atom. The minimum atomic E-state index is -0.757. The molecule has 1 saturated heterocycles. The number of thiol groups is 1. The maximum Gasteiger partial charge on any atom is 0.330 e. The van der Waals surface area contributed by atoms with Crippen molar-refractivity contribution >= 4 is 24.5 Å². The summed E-state index contributed by atoms with van der Waals surface area (Å²) in [5, 5.41) is 2.83. The van der Waals surface area contributed by atoms with Crippen molar-refractivity contribution in [2.45, 2.75) is 30.6 Å². The first kappa shape index (κ1) is 17.8. The van der Waals surface area contributed by atoms with Crippen LogP contribution >= 0.6 is 12.6 Å². The van der Waals surface area contributed by atoms with Gasteiger partial charge < -0.3 is 15.0 Å². The lowest BCUT2D eigenvalue weighted by Gasteiger charge is -2.41. The van der Waals surface area contributed by atoms with Crippen molar-refractivity contribution in [2.75, 3.05) is 26.7 Å². The fourth-order valence-electron chi connectivity index (χ4n) is 2.74. The molecular weight excluding hydrogens is 312 g/mol. The van der Waals surface area contributed by atoms with Gasteiger partial charge in [0.1, 0.15) is 6.04 Å². The molecule has 1 aromatic carbocycles. The zero-order valence-electron chi connectivity index (χ0n) is 13.6. The Kier molecular flexibility index (Phi) is 6.07. The summed E-state index contributed by atoms with van der Waals surface area (Å²) in [5.74, 6) is -0.702. The quantitative estimate of drug-likeness (QED) is 0.635. The number of hydrogen-bond donors (Lipinski definition) is 2. The molecule has 1 atom stereocenters. The second kappa shape index (κ2) is 7.84. The number of amides is 1. The molecule has 1 amide bonds. The molecule has 126 valence electrons. The molecule has 0 saturated carbocycles. The Balaban J connectivity index is 2.17. The summed E-state index contributed by atoms with van der Waals surface area (Å²) in [6, 6.07) is 8.11. The van der Waals surface area contributed by atoms with Crippen LogP contribution in [-0.4, -0.2) is 54.3 Å². The number of likely N-dealkylation sites (tertiary alicyclic amines) is 1. The van der Waals surface area contributed by atoms with E-state index in [0.717, 1.165) is 13.1 Å². The number of benzene rings is 1. The Morgan fingerprint density at radius 1 is 1.30 bits per heavy atom. The second-order valence-electron chi connectivity index (χ2n) is 5.93. The van der Waals surface area contributed by atoms with E-state index in [1.165, 1.54) is 0 Å². The van der Waals surface area contributed by atoms with Gasteiger partial charge in [0.15, 0.2) is 0 Å². The Hall–Kier alpha value is -1.53. The van der Waals surface area contributed by atoms with Crippen LogP contribution in [-0.2, 0) is 9.53 Å². The topological polar surface area (TPSA) is 58.6 Å². The lowest BCUT2D eigenvalue weighted by Crippen LogP contribution is -2.58. The molecule has 1 aromatic rings. The van der Waals surface area contributed by atoms with E-state index >= 15 is 0 Å². The molecule has 1 unspecified atom stereocenters. The highest BCUT2D eigenvalue weighted by Crippen LogP contribution is 2.32. The molecule has 0 aliphatic carbocycles. The lowest BCUT2D eigenvalue weighted by molar-refractivity contribution is -0.146. The van der Waals surface area contributed by atoms with Gasteiger partial charge in [-0.1, -0.05) is 18.2 Å². The number of esters is 1. The Morgan fingerprint density at radius 3 is 2.48 bits per heavy atom. The molecule has 0 radical (unpaired) electrons. The van der Waals surface area contributed by atoms with Crippen molar-refractivity contribution in [1.82, 2.24) is 10.2 Å². The largest absolute Gasteiger partial charge is 0.464 e. The molecule has 5 nitrogen and oxygen atoms in total. The van der Waals surface area contributed by atoms with E-state index in [4.69, 9.17) is 17.4 Å². The van der Waals surface area contributed by atoms with E-state index in [2.05, 4.69) is 10.2 Å². The highest BCUT2D eigenvalue weighted by atomic mass is 32.1. The van der Waals surface area contributed by atoms with Gasteiger partial charge in [-0.15, -0.1) is 0 Å². The van der Waals surface area contributed by atoms with Crippen molar-refractivity contribution in [3.8, 4) is 0 Å². The third-order valence-corrected chi connectivity index (χ3v) is 4.93. The summed E-state index contributed by atoms with van der Waals surface area (Å²) in [7, 11) is 2.04. The second-order valence-corrected chi connectivity index (χ2v) is 6.82. The normalized spacial score (nSPS) is 18.9. The molecule has 23 heavy (non-hydrogen) atoms. The van der Waals surface area contributed by atoms with E-state index in [9.17, 15) is 9.59 Å². The summed E-state index contributed by atoms with van der Waals surface area (Å²) in [6.07, 6.45) is 1.43. The maximum atomic E-state index is 12.4. The summed E-state index contributed by atoms with van der Waals surface area (Å²) in [4.78, 5) is 27.0. The Labute approximate surface area is 142 Å². The molecule has 1 N–H and O–H groups in total. The van der Waals surface area contributed by atoms with E-state index < -0.39 is 16.8 Å². The van der Waals surface area contributed by atoms with Crippen molar-refractivity contribution < 1.29 is 14.3 Å². The van der Waals surface area contributed by atoms with Gasteiger partial charge in [0.25, 0.3) is 5.91 Å². The molecule has 0 bridgehead atoms. The minimum Gasteiger partial charge on any atom is -0.464 e. The van der Waals surface area contributed by atoms with Crippen LogP contribution < -0.4 is 5.32 Å². The first-order valence-corrected chi connectivity index (χ1v) is 8.34. The molecule has 0 spiro atoms. The van der Waals surface area contributed by atoms with Gasteiger partial charge in [0, 0.05) is 10.3 Å². The molecule has 1 heterocycles. The van der Waals surface area contributed by atoms with Crippen molar-refractivity contribution in [1.29, 1.82) is 0 Å². The first-order chi connectivity index (χ1) is 11.0. The molecule has 6 heteroatoms. The van der Waals surface area contributed by atoms with Gasteiger partial charge >= 0.3 is 5.97 Å². The zero-order chi connectivity index (χ0) is 16.9. The number of ether oxygens (including phenoxy) is 1. The first-order valence-electron chi connectivity index (χ1n) is 7.90. The van der Waals surface area contributed by atoms with Crippen LogP contribution in [0.4, 0.5) is 0 Å². The van der Waals surface area contributed by atoms with Crippen LogP contribution in [0.1, 0.15) is 30.1 Å². The number of nitrogens with one attached hydrogen (secondary N) is 1. The van der Waals surface area contributed by atoms with Gasteiger partial charge in [-0.25, -0.2) is 4.79 Å². The highest BCUT2D eigenvalue weighted by Gasteiger charge is 2.44. The molecular formula is C17H24N2O3S. The lowest BCUT2D eigenvalue weighted by atomic mass is 9.88. The number of hydrogen-bond acceptors (Lipinski definition) is 5. The fraction of sp³-hybridized carbons (Fsp3) is 0.529. The molecule has 2 rings (SSSR count). The van der Waals surface area contributed by atoms with Gasteiger partial charge in [0.2, 0.25) is 0 Å². The van der Waals surface area contributed by atoms with Crippen LogP contribution in [0, 0.1) is 0 Å². The standard InChI is InChI=1S/C17H24N2O3S/c1-3-22-16(21)14(17(23)9-11-19(2)12-10-17)18-15(20)13-7-5-4-6-8-13/h4-8,14,23H,3,9-12H2,1-2H3,(H,18,20). The van der Waals surface area contributed by atoms with E-state index in [1.807, 2.05) is 13.1 Å². The van der Waals surface area contributed by atoms with Gasteiger partial charge in [-0.2, -0.15) is 12.6 Å². The van der Waals surface area contributed by atoms with Crippen LogP contribution in [0.15, 0.2) is 30.3 Å². The average Bonchev–Trinajstić information content (AvgIpc) is 2.56. The molecule has 1 aliphatic heterocycles. The third-order valence-electron chi connectivity index (χ3n) is 4.22. The summed E-state index contributed by atoms with van der Waals surface area (Å²) < 4.78 is 4.58. The summed E-state index contributed by atoms with van der Waals surface area (Å²) in [5.41, 5.74) is 0.520. The van der Waals surface area contributed by atoms with E-state index in [-0.39, 0.29) is 12.5 Å². The number of carbonyl (C=O) groups is 2. The molecule has 0 aromatic heterocycles. The van der Waals surface area contributed by atoms with Crippen LogP contribution in [0.2, 0.25) is 0 Å². The zero-order valence-corrected chi connectivity index (χ0v) is 14.5. The van der Waals surface area contributed by atoms with E-state index in [0.29, 0.717) is 18.4 Å². The maximum absolute atomic E-state index is 12.4. The monoisotopic (exact) mass is 336 g/mol. The third kappa shape index (κ3) is 4.48.